The second kappa shape index (κ2) is 5.67. The van der Waals surface area contributed by atoms with E-state index in [9.17, 15) is 14.7 Å². The highest BCUT2D eigenvalue weighted by Crippen LogP contribution is 2.20. The summed E-state index contributed by atoms with van der Waals surface area (Å²) < 4.78 is 9.70. The summed E-state index contributed by atoms with van der Waals surface area (Å²) in [7, 11) is 1.52. The Balaban J connectivity index is 2.77. The Morgan fingerprint density at radius 1 is 1.59 bits per heavy atom. The number of amides is 1. The van der Waals surface area contributed by atoms with E-state index in [-0.39, 0.29) is 24.8 Å². The maximum Gasteiger partial charge on any atom is 0.339 e. The minimum absolute atomic E-state index is 0.0137. The summed E-state index contributed by atoms with van der Waals surface area (Å²) in [6.45, 7) is 4.06. The van der Waals surface area contributed by atoms with Gasteiger partial charge in [-0.15, -0.1) is 0 Å². The number of esters is 1. The molecule has 1 atom stereocenters. The van der Waals surface area contributed by atoms with E-state index < -0.39 is 17.6 Å². The number of hydrogen-bond acceptors (Lipinski definition) is 5. The number of nitrogens with zero attached hydrogens (tertiary/aromatic N) is 1. The number of aliphatic hydroxyl groups excluding tert-OH is 1. The van der Waals surface area contributed by atoms with Crippen LogP contribution in [0.1, 0.15) is 13.8 Å². The highest BCUT2D eigenvalue weighted by Gasteiger charge is 2.37. The third kappa shape index (κ3) is 2.76. The van der Waals surface area contributed by atoms with Crippen LogP contribution in [0.15, 0.2) is 11.3 Å². The van der Waals surface area contributed by atoms with Crippen LogP contribution < -0.4 is 0 Å². The molecule has 1 N–H and O–H groups in total. The Bertz CT molecular complexity index is 350. The van der Waals surface area contributed by atoms with Crippen LogP contribution in [0.3, 0.4) is 0 Å². The van der Waals surface area contributed by atoms with E-state index in [0.717, 1.165) is 0 Å². The van der Waals surface area contributed by atoms with Crippen molar-refractivity contribution in [2.24, 2.45) is 0 Å². The van der Waals surface area contributed by atoms with Crippen molar-refractivity contribution in [1.82, 2.24) is 4.90 Å². The van der Waals surface area contributed by atoms with Crippen LogP contribution in [0.2, 0.25) is 0 Å². The van der Waals surface area contributed by atoms with Gasteiger partial charge in [-0.05, 0) is 13.8 Å². The molecule has 6 nitrogen and oxygen atoms in total. The fraction of sp³-hybridized carbons (Fsp3) is 0.636. The highest BCUT2D eigenvalue weighted by molar-refractivity contribution is 6.05. The lowest BCUT2D eigenvalue weighted by Gasteiger charge is -2.23. The first-order valence-electron chi connectivity index (χ1n) is 5.42. The number of carbonyl (C=O) groups is 2. The van der Waals surface area contributed by atoms with Gasteiger partial charge in [-0.2, -0.15) is 0 Å². The molecule has 0 saturated heterocycles. The van der Waals surface area contributed by atoms with Crippen LogP contribution in [0.25, 0.3) is 0 Å². The summed E-state index contributed by atoms with van der Waals surface area (Å²) in [5, 5.41) is 9.59. The quantitative estimate of drug-likeness (QED) is 0.700. The van der Waals surface area contributed by atoms with Crippen molar-refractivity contribution in [3.8, 4) is 0 Å². The zero-order chi connectivity index (χ0) is 13.0. The van der Waals surface area contributed by atoms with E-state index in [1.54, 1.807) is 13.8 Å². The molecule has 1 aliphatic rings. The van der Waals surface area contributed by atoms with Crippen LogP contribution in [-0.4, -0.2) is 54.8 Å². The predicted molar refractivity (Wildman–Crippen MR) is 59.3 cm³/mol. The molecule has 0 unspecified atom stereocenters. The standard InChI is InChI=1S/C11H17NO5/c1-4-17-11(15)8-5-12(7(2)6-16-3)10(14)9(8)13/h7,13H,4-6H2,1-3H3/t7-/m0/s1. The summed E-state index contributed by atoms with van der Waals surface area (Å²) in [5.41, 5.74) is 0.0137. The molecule has 1 rings (SSSR count). The number of carbonyl (C=O) groups excluding carboxylic acids is 2. The molecule has 0 aromatic rings. The number of aliphatic hydroxyl groups is 1. The maximum atomic E-state index is 11.7. The predicted octanol–water partition coefficient (Wildman–Crippen LogP) is 0.239. The van der Waals surface area contributed by atoms with Gasteiger partial charge in [0.15, 0.2) is 5.76 Å². The van der Waals surface area contributed by atoms with Gasteiger partial charge in [0.2, 0.25) is 0 Å². The SMILES string of the molecule is CCOC(=O)C1=C(O)C(=O)N([C@@H](C)COC)C1. The topological polar surface area (TPSA) is 76.1 Å². The van der Waals surface area contributed by atoms with Crippen LogP contribution in [-0.2, 0) is 19.1 Å². The summed E-state index contributed by atoms with van der Waals surface area (Å²) in [6.07, 6.45) is 0. The normalized spacial score (nSPS) is 17.6. The van der Waals surface area contributed by atoms with E-state index in [1.807, 2.05) is 0 Å². The minimum Gasteiger partial charge on any atom is -0.503 e. The van der Waals surface area contributed by atoms with Gasteiger partial charge in [0.1, 0.15) is 5.57 Å². The van der Waals surface area contributed by atoms with E-state index in [1.165, 1.54) is 12.0 Å². The fourth-order valence-corrected chi connectivity index (χ4v) is 1.65. The van der Waals surface area contributed by atoms with E-state index in [4.69, 9.17) is 9.47 Å². The molecule has 0 saturated carbocycles. The van der Waals surface area contributed by atoms with Crippen molar-refractivity contribution in [2.75, 3.05) is 26.9 Å². The molecule has 0 aliphatic carbocycles. The molecule has 96 valence electrons. The Hall–Kier alpha value is -1.56. The lowest BCUT2D eigenvalue weighted by Crippen LogP contribution is -2.38. The Labute approximate surface area is 99.8 Å². The first-order valence-corrected chi connectivity index (χ1v) is 5.42. The van der Waals surface area contributed by atoms with Gasteiger partial charge < -0.3 is 19.5 Å². The van der Waals surface area contributed by atoms with Gasteiger partial charge in [-0.1, -0.05) is 0 Å². The van der Waals surface area contributed by atoms with E-state index in [2.05, 4.69) is 0 Å². The molecule has 0 radical (unpaired) electrons. The summed E-state index contributed by atoms with van der Waals surface area (Å²) in [6, 6.07) is -0.207. The van der Waals surface area contributed by atoms with Crippen LogP contribution in [0.5, 0.6) is 0 Å². The largest absolute Gasteiger partial charge is 0.503 e. The molecule has 0 bridgehead atoms. The van der Waals surface area contributed by atoms with Crippen LogP contribution in [0, 0.1) is 0 Å². The highest BCUT2D eigenvalue weighted by atomic mass is 16.5. The number of methoxy groups -OCH3 is 1. The average Bonchev–Trinajstić information content (AvgIpc) is 2.57. The molecule has 0 aromatic carbocycles. The molecule has 1 heterocycles. The molecular formula is C11H17NO5. The average molecular weight is 243 g/mol. The number of rotatable bonds is 5. The molecule has 0 fully saturated rings. The van der Waals surface area contributed by atoms with Crippen molar-refractivity contribution in [1.29, 1.82) is 0 Å². The first-order chi connectivity index (χ1) is 8.02. The van der Waals surface area contributed by atoms with E-state index >= 15 is 0 Å². The van der Waals surface area contributed by atoms with Crippen LogP contribution in [0.4, 0.5) is 0 Å². The van der Waals surface area contributed by atoms with Crippen molar-refractivity contribution in [2.45, 2.75) is 19.9 Å². The number of hydrogen-bond donors (Lipinski definition) is 1. The zero-order valence-electron chi connectivity index (χ0n) is 10.2. The second-order valence-electron chi connectivity index (χ2n) is 3.79. The summed E-state index contributed by atoms with van der Waals surface area (Å²) in [4.78, 5) is 24.6. The zero-order valence-corrected chi connectivity index (χ0v) is 10.2. The second-order valence-corrected chi connectivity index (χ2v) is 3.79. The van der Waals surface area contributed by atoms with Gasteiger partial charge in [0, 0.05) is 7.11 Å². The third-order valence-corrected chi connectivity index (χ3v) is 2.54. The van der Waals surface area contributed by atoms with Gasteiger partial charge in [0.05, 0.1) is 25.8 Å². The molecule has 1 amide bonds. The summed E-state index contributed by atoms with van der Waals surface area (Å²) in [5.74, 6) is -1.73. The van der Waals surface area contributed by atoms with Gasteiger partial charge in [0.25, 0.3) is 5.91 Å². The molecule has 0 spiro atoms. The van der Waals surface area contributed by atoms with Crippen molar-refractivity contribution >= 4 is 11.9 Å². The van der Waals surface area contributed by atoms with Gasteiger partial charge in [-0.25, -0.2) is 4.79 Å². The lowest BCUT2D eigenvalue weighted by atomic mass is 10.2. The summed E-state index contributed by atoms with van der Waals surface area (Å²) >= 11 is 0. The fourth-order valence-electron chi connectivity index (χ4n) is 1.65. The van der Waals surface area contributed by atoms with Crippen molar-refractivity contribution in [3.05, 3.63) is 11.3 Å². The Morgan fingerprint density at radius 3 is 2.76 bits per heavy atom. The first kappa shape index (κ1) is 13.5. The van der Waals surface area contributed by atoms with Gasteiger partial charge in [-0.3, -0.25) is 4.79 Å². The molecule has 0 aromatic heterocycles. The molecule has 17 heavy (non-hydrogen) atoms. The lowest BCUT2D eigenvalue weighted by molar-refractivity contribution is -0.138. The van der Waals surface area contributed by atoms with Crippen LogP contribution >= 0.6 is 0 Å². The third-order valence-electron chi connectivity index (χ3n) is 2.54. The van der Waals surface area contributed by atoms with E-state index in [0.29, 0.717) is 6.61 Å². The monoisotopic (exact) mass is 243 g/mol. The maximum absolute atomic E-state index is 11.7. The smallest absolute Gasteiger partial charge is 0.339 e. The minimum atomic E-state index is -0.648. The Morgan fingerprint density at radius 2 is 2.24 bits per heavy atom. The Kier molecular flexibility index (Phi) is 4.51. The van der Waals surface area contributed by atoms with Gasteiger partial charge >= 0.3 is 5.97 Å². The molecular weight excluding hydrogens is 226 g/mol. The molecule has 1 aliphatic heterocycles. The number of ether oxygens (including phenoxy) is 2. The molecule has 6 heteroatoms. The van der Waals surface area contributed by atoms with Crippen molar-refractivity contribution in [3.63, 3.8) is 0 Å². The van der Waals surface area contributed by atoms with Crippen molar-refractivity contribution < 1.29 is 24.2 Å².